The Kier molecular flexibility index (Phi) is 5.09. The molecule has 134 valence electrons. The van der Waals surface area contributed by atoms with Gasteiger partial charge in [0, 0.05) is 19.7 Å². The number of carbonyl (C=O) groups is 1. The predicted octanol–water partition coefficient (Wildman–Crippen LogP) is 1.69. The largest absolute Gasteiger partial charge is 0.573 e. The third kappa shape index (κ3) is 4.60. The summed E-state index contributed by atoms with van der Waals surface area (Å²) in [5.74, 6) is -1.04. The molecule has 0 saturated carbocycles. The number of benzene rings is 1. The molecular weight excluding hydrogens is 349 g/mol. The van der Waals surface area contributed by atoms with Gasteiger partial charge in [-0.25, -0.2) is 13.4 Å². The molecule has 1 amide bonds. The quantitative estimate of drug-likeness (QED) is 0.759. The zero-order valence-electron chi connectivity index (χ0n) is 13.1. The lowest BCUT2D eigenvalue weighted by molar-refractivity contribution is -0.274. The fourth-order valence-corrected chi connectivity index (χ4v) is 4.27. The SMILES string of the molecule is CN(C)N(C(=O)c1ccc(OC(F)(F)F)cc1)[C@H]1CCS(=O)(=O)C1. The predicted molar refractivity (Wildman–Crippen MR) is 80.0 cm³/mol. The molecule has 1 aliphatic rings. The Morgan fingerprint density at radius 1 is 1.21 bits per heavy atom. The number of rotatable bonds is 4. The van der Waals surface area contributed by atoms with E-state index in [4.69, 9.17) is 0 Å². The number of nitrogens with zero attached hydrogens (tertiary/aromatic N) is 2. The van der Waals surface area contributed by atoms with Gasteiger partial charge in [-0.2, -0.15) is 0 Å². The zero-order chi connectivity index (χ0) is 18.1. The van der Waals surface area contributed by atoms with Crippen LogP contribution in [0.5, 0.6) is 5.75 Å². The molecule has 1 aliphatic heterocycles. The molecule has 0 spiro atoms. The summed E-state index contributed by atoms with van der Waals surface area (Å²) >= 11 is 0. The third-order valence-electron chi connectivity index (χ3n) is 3.53. The molecule has 10 heteroatoms. The molecule has 0 radical (unpaired) electrons. The first-order chi connectivity index (χ1) is 11.0. The van der Waals surface area contributed by atoms with Gasteiger partial charge in [0.15, 0.2) is 9.84 Å². The maximum atomic E-state index is 12.6. The van der Waals surface area contributed by atoms with Crippen molar-refractivity contribution in [3.8, 4) is 5.75 Å². The van der Waals surface area contributed by atoms with Gasteiger partial charge in [0.1, 0.15) is 5.75 Å². The monoisotopic (exact) mass is 366 g/mol. The molecule has 0 bridgehead atoms. The van der Waals surface area contributed by atoms with Crippen LogP contribution in [0.4, 0.5) is 13.2 Å². The Hall–Kier alpha value is -1.81. The van der Waals surface area contributed by atoms with E-state index in [9.17, 15) is 26.4 Å². The van der Waals surface area contributed by atoms with Gasteiger partial charge in [0.2, 0.25) is 0 Å². The van der Waals surface area contributed by atoms with Crippen molar-refractivity contribution in [3.63, 3.8) is 0 Å². The number of hydrogen-bond acceptors (Lipinski definition) is 5. The van der Waals surface area contributed by atoms with E-state index in [0.29, 0.717) is 6.42 Å². The molecular formula is C14H17F3N2O4S. The Bertz CT molecular complexity index is 702. The van der Waals surface area contributed by atoms with Gasteiger partial charge in [-0.05, 0) is 30.7 Å². The molecule has 0 N–H and O–H groups in total. The molecule has 0 aliphatic carbocycles. The lowest BCUT2D eigenvalue weighted by Crippen LogP contribution is -2.49. The maximum Gasteiger partial charge on any atom is 0.573 e. The average molecular weight is 366 g/mol. The number of hydrazine groups is 1. The number of ether oxygens (including phenoxy) is 1. The van der Waals surface area contributed by atoms with Gasteiger partial charge in [-0.3, -0.25) is 9.80 Å². The highest BCUT2D eigenvalue weighted by Crippen LogP contribution is 2.25. The van der Waals surface area contributed by atoms with Crippen molar-refractivity contribution in [2.45, 2.75) is 18.8 Å². The first-order valence-electron chi connectivity index (χ1n) is 7.05. The summed E-state index contributed by atoms with van der Waals surface area (Å²) in [7, 11) is 0.0200. The van der Waals surface area contributed by atoms with Crippen molar-refractivity contribution in [2.75, 3.05) is 25.6 Å². The van der Waals surface area contributed by atoms with Crippen molar-refractivity contribution in [2.24, 2.45) is 0 Å². The average Bonchev–Trinajstić information content (AvgIpc) is 2.77. The molecule has 1 heterocycles. The first kappa shape index (κ1) is 18.5. The molecule has 0 aromatic heterocycles. The van der Waals surface area contributed by atoms with Crippen molar-refractivity contribution in [1.82, 2.24) is 10.0 Å². The minimum atomic E-state index is -4.81. The van der Waals surface area contributed by atoms with Crippen molar-refractivity contribution >= 4 is 15.7 Å². The molecule has 24 heavy (non-hydrogen) atoms. The summed E-state index contributed by atoms with van der Waals surface area (Å²) in [6, 6.07) is 4.01. The summed E-state index contributed by atoms with van der Waals surface area (Å²) in [6.07, 6.45) is -4.49. The van der Waals surface area contributed by atoms with Gasteiger partial charge >= 0.3 is 6.36 Å². The Morgan fingerprint density at radius 3 is 2.21 bits per heavy atom. The molecule has 1 aromatic rings. The first-order valence-corrected chi connectivity index (χ1v) is 8.88. The van der Waals surface area contributed by atoms with Crippen LogP contribution >= 0.6 is 0 Å². The number of halogens is 3. The summed E-state index contributed by atoms with van der Waals surface area (Å²) in [6.45, 7) is 0. The van der Waals surface area contributed by atoms with E-state index < -0.39 is 33.9 Å². The van der Waals surface area contributed by atoms with E-state index in [1.165, 1.54) is 22.2 Å². The van der Waals surface area contributed by atoms with E-state index in [-0.39, 0.29) is 17.1 Å². The van der Waals surface area contributed by atoms with Crippen LogP contribution in [0.3, 0.4) is 0 Å². The summed E-state index contributed by atoms with van der Waals surface area (Å²) in [4.78, 5) is 12.6. The van der Waals surface area contributed by atoms with E-state index in [0.717, 1.165) is 12.1 Å². The van der Waals surface area contributed by atoms with Crippen LogP contribution in [-0.4, -0.2) is 62.3 Å². The van der Waals surface area contributed by atoms with Gasteiger partial charge in [0.05, 0.1) is 17.5 Å². The van der Waals surface area contributed by atoms with Crippen molar-refractivity contribution < 1.29 is 31.1 Å². The highest BCUT2D eigenvalue weighted by molar-refractivity contribution is 7.91. The third-order valence-corrected chi connectivity index (χ3v) is 5.28. The van der Waals surface area contributed by atoms with E-state index in [2.05, 4.69) is 4.74 Å². The minimum absolute atomic E-state index is 0.00759. The van der Waals surface area contributed by atoms with Gasteiger partial charge in [-0.1, -0.05) is 0 Å². The zero-order valence-corrected chi connectivity index (χ0v) is 13.9. The number of alkyl halides is 3. The molecule has 0 unspecified atom stereocenters. The molecule has 1 saturated heterocycles. The second-order valence-electron chi connectivity index (χ2n) is 5.63. The van der Waals surface area contributed by atoms with E-state index in [1.54, 1.807) is 14.1 Å². The van der Waals surface area contributed by atoms with E-state index >= 15 is 0 Å². The van der Waals surface area contributed by atoms with Crippen molar-refractivity contribution in [1.29, 1.82) is 0 Å². The van der Waals surface area contributed by atoms with E-state index in [1.807, 2.05) is 0 Å². The lowest BCUT2D eigenvalue weighted by Gasteiger charge is -2.33. The normalized spacial score (nSPS) is 20.2. The van der Waals surface area contributed by atoms with Crippen LogP contribution in [0.15, 0.2) is 24.3 Å². The Balaban J connectivity index is 2.18. The van der Waals surface area contributed by atoms with Gasteiger partial charge in [-0.15, -0.1) is 13.2 Å². The maximum absolute atomic E-state index is 12.6. The van der Waals surface area contributed by atoms with Gasteiger partial charge in [0.25, 0.3) is 5.91 Å². The Labute approximate surface area is 137 Å². The summed E-state index contributed by atoms with van der Waals surface area (Å²) in [5.41, 5.74) is 0.141. The van der Waals surface area contributed by atoms with Crippen LogP contribution in [0, 0.1) is 0 Å². The minimum Gasteiger partial charge on any atom is -0.406 e. The van der Waals surface area contributed by atoms with Crippen LogP contribution < -0.4 is 4.74 Å². The number of hydrogen-bond donors (Lipinski definition) is 0. The molecule has 6 nitrogen and oxygen atoms in total. The molecule has 1 fully saturated rings. The second-order valence-corrected chi connectivity index (χ2v) is 7.85. The number of amides is 1. The molecule has 1 aromatic carbocycles. The molecule has 1 atom stereocenters. The highest BCUT2D eigenvalue weighted by atomic mass is 32.2. The Morgan fingerprint density at radius 2 is 1.79 bits per heavy atom. The van der Waals surface area contributed by atoms with Crippen molar-refractivity contribution in [3.05, 3.63) is 29.8 Å². The summed E-state index contributed by atoms with van der Waals surface area (Å²) in [5, 5.41) is 2.79. The van der Waals surface area contributed by atoms with Crippen LogP contribution in [0.2, 0.25) is 0 Å². The number of sulfone groups is 1. The fraction of sp³-hybridized carbons (Fsp3) is 0.500. The van der Waals surface area contributed by atoms with Gasteiger partial charge < -0.3 is 4.74 Å². The van der Waals surface area contributed by atoms with Crippen LogP contribution in [0.25, 0.3) is 0 Å². The highest BCUT2D eigenvalue weighted by Gasteiger charge is 2.36. The fourth-order valence-electron chi connectivity index (χ4n) is 2.57. The smallest absolute Gasteiger partial charge is 0.406 e. The topological polar surface area (TPSA) is 66.9 Å². The van der Waals surface area contributed by atoms with Crippen LogP contribution in [-0.2, 0) is 9.84 Å². The molecule has 2 rings (SSSR count). The van der Waals surface area contributed by atoms with Crippen LogP contribution in [0.1, 0.15) is 16.8 Å². The second kappa shape index (κ2) is 6.60. The number of carbonyl (C=O) groups excluding carboxylic acids is 1. The summed E-state index contributed by atoms with van der Waals surface area (Å²) < 4.78 is 63.5. The standard InChI is InChI=1S/C14H17F3N2O4S/c1-18(2)19(11-7-8-24(21,22)9-11)13(20)10-3-5-12(6-4-10)23-14(15,16)17/h3-6,11H,7-9H2,1-2H3/t11-/m0/s1. The lowest BCUT2D eigenvalue weighted by atomic mass is 10.1.